The highest BCUT2D eigenvalue weighted by Gasteiger charge is 2.34. The van der Waals surface area contributed by atoms with E-state index in [4.69, 9.17) is 4.98 Å². The summed E-state index contributed by atoms with van der Waals surface area (Å²) in [6.45, 7) is 9.46. The molecule has 4 heterocycles. The fourth-order valence-corrected chi connectivity index (χ4v) is 5.11. The molecule has 37 heavy (non-hydrogen) atoms. The SMILES string of the molecule is CCN(CC)C1CN(c2nc(N3CCNC(CC#N)C3)c3cnn(-c4c(O)cccc4F)c(=O)c3n2)C1. The Morgan fingerprint density at radius 2 is 2.00 bits per heavy atom. The Kier molecular flexibility index (Phi) is 6.90. The van der Waals surface area contributed by atoms with Crippen molar-refractivity contribution in [2.45, 2.75) is 32.4 Å². The molecule has 11 nitrogen and oxygen atoms in total. The Labute approximate surface area is 213 Å². The van der Waals surface area contributed by atoms with Crippen molar-refractivity contribution in [3.05, 3.63) is 40.6 Å². The summed E-state index contributed by atoms with van der Waals surface area (Å²) in [6, 6.07) is 6.37. The number of nitriles is 1. The molecule has 2 aliphatic heterocycles. The van der Waals surface area contributed by atoms with Crippen molar-refractivity contribution in [3.63, 3.8) is 0 Å². The number of hydrogen-bond acceptors (Lipinski definition) is 10. The topological polar surface area (TPSA) is 126 Å². The summed E-state index contributed by atoms with van der Waals surface area (Å²) < 4.78 is 15.5. The van der Waals surface area contributed by atoms with Gasteiger partial charge in [0.2, 0.25) is 5.95 Å². The summed E-state index contributed by atoms with van der Waals surface area (Å²) in [4.78, 5) is 29.6. The molecular weight excluding hydrogens is 477 g/mol. The third-order valence-electron chi connectivity index (χ3n) is 7.15. The van der Waals surface area contributed by atoms with E-state index < -0.39 is 17.1 Å². The number of fused-ring (bicyclic) bond motifs is 1. The number of phenols is 1. The maximum Gasteiger partial charge on any atom is 0.298 e. The lowest BCUT2D eigenvalue weighted by molar-refractivity contribution is 0.182. The van der Waals surface area contributed by atoms with Crippen LogP contribution in [0.15, 0.2) is 29.2 Å². The second-order valence-corrected chi connectivity index (χ2v) is 9.32. The van der Waals surface area contributed by atoms with E-state index in [9.17, 15) is 19.6 Å². The highest BCUT2D eigenvalue weighted by atomic mass is 19.1. The number of halogens is 1. The van der Waals surface area contributed by atoms with E-state index in [1.165, 1.54) is 18.3 Å². The van der Waals surface area contributed by atoms with Gasteiger partial charge in [0.05, 0.1) is 24.1 Å². The van der Waals surface area contributed by atoms with Crippen LogP contribution in [0.4, 0.5) is 16.2 Å². The summed E-state index contributed by atoms with van der Waals surface area (Å²) in [5.41, 5.74) is -0.871. The summed E-state index contributed by atoms with van der Waals surface area (Å²) >= 11 is 0. The minimum absolute atomic E-state index is 0.0352. The fourth-order valence-electron chi connectivity index (χ4n) is 5.11. The van der Waals surface area contributed by atoms with Crippen LogP contribution in [0.5, 0.6) is 5.75 Å². The number of para-hydroxylation sites is 1. The molecule has 2 aromatic heterocycles. The zero-order valence-corrected chi connectivity index (χ0v) is 20.9. The quantitative estimate of drug-likeness (QED) is 0.482. The molecule has 5 rings (SSSR count). The van der Waals surface area contributed by atoms with Gasteiger partial charge >= 0.3 is 0 Å². The van der Waals surface area contributed by atoms with Crippen molar-refractivity contribution in [1.82, 2.24) is 30.0 Å². The summed E-state index contributed by atoms with van der Waals surface area (Å²) in [6.07, 6.45) is 1.79. The number of hydrogen-bond donors (Lipinski definition) is 2. The normalized spacial score (nSPS) is 18.3. The van der Waals surface area contributed by atoms with E-state index in [0.717, 1.165) is 36.9 Å². The van der Waals surface area contributed by atoms with Crippen LogP contribution >= 0.6 is 0 Å². The molecule has 1 unspecified atom stereocenters. The number of piperazine rings is 1. The van der Waals surface area contributed by atoms with Crippen LogP contribution in [0.3, 0.4) is 0 Å². The standard InChI is InChI=1S/C25H30FN9O2/c1-3-32(4-2)17-14-34(15-17)25-30-21-18(23(31-25)33-11-10-28-16(13-33)8-9-27)12-29-35(24(21)37)22-19(26)6-5-7-20(22)36/h5-7,12,16-17,28,36H,3-4,8,10-11,13-15H2,1-2H3. The first-order chi connectivity index (χ1) is 17.9. The summed E-state index contributed by atoms with van der Waals surface area (Å²) in [7, 11) is 0. The van der Waals surface area contributed by atoms with E-state index in [-0.39, 0.29) is 17.2 Å². The van der Waals surface area contributed by atoms with Gasteiger partial charge in [0.1, 0.15) is 22.8 Å². The lowest BCUT2D eigenvalue weighted by Gasteiger charge is -2.45. The molecule has 12 heteroatoms. The van der Waals surface area contributed by atoms with Crippen molar-refractivity contribution in [2.75, 3.05) is 55.6 Å². The van der Waals surface area contributed by atoms with Crippen molar-refractivity contribution in [2.24, 2.45) is 0 Å². The van der Waals surface area contributed by atoms with Crippen molar-refractivity contribution in [1.29, 1.82) is 5.26 Å². The molecule has 0 aliphatic carbocycles. The molecule has 1 atom stereocenters. The molecule has 2 saturated heterocycles. The molecule has 3 aromatic rings. The monoisotopic (exact) mass is 507 g/mol. The van der Waals surface area contributed by atoms with Crippen molar-refractivity contribution in [3.8, 4) is 17.5 Å². The highest BCUT2D eigenvalue weighted by molar-refractivity contribution is 5.89. The number of anilines is 2. The van der Waals surface area contributed by atoms with Gasteiger partial charge in [-0.2, -0.15) is 20.0 Å². The number of nitrogens with one attached hydrogen (secondary N) is 1. The van der Waals surface area contributed by atoms with Gasteiger partial charge in [-0.3, -0.25) is 9.69 Å². The Balaban J connectivity index is 1.61. The van der Waals surface area contributed by atoms with Crippen LogP contribution in [-0.4, -0.2) is 87.7 Å². The van der Waals surface area contributed by atoms with Crippen LogP contribution in [-0.2, 0) is 0 Å². The highest BCUT2D eigenvalue weighted by Crippen LogP contribution is 2.29. The van der Waals surface area contributed by atoms with E-state index in [1.807, 2.05) is 9.80 Å². The van der Waals surface area contributed by atoms with Crippen LogP contribution in [0.1, 0.15) is 20.3 Å². The first-order valence-corrected chi connectivity index (χ1v) is 12.6. The second kappa shape index (κ2) is 10.3. The molecule has 0 saturated carbocycles. The number of aromatic hydroxyl groups is 1. The molecule has 0 radical (unpaired) electrons. The van der Waals surface area contributed by atoms with Gasteiger partial charge < -0.3 is 20.2 Å². The van der Waals surface area contributed by atoms with E-state index in [0.29, 0.717) is 49.2 Å². The fraction of sp³-hybridized carbons (Fsp3) is 0.480. The van der Waals surface area contributed by atoms with Gasteiger partial charge in [-0.25, -0.2) is 9.37 Å². The molecule has 1 aromatic carbocycles. The maximum absolute atomic E-state index is 14.6. The van der Waals surface area contributed by atoms with Gasteiger partial charge in [-0.1, -0.05) is 19.9 Å². The average molecular weight is 508 g/mol. The summed E-state index contributed by atoms with van der Waals surface area (Å²) in [5, 5.41) is 27.4. The zero-order chi connectivity index (χ0) is 26.1. The van der Waals surface area contributed by atoms with E-state index >= 15 is 0 Å². The van der Waals surface area contributed by atoms with Crippen LogP contribution < -0.4 is 20.7 Å². The number of aromatic nitrogens is 4. The van der Waals surface area contributed by atoms with Crippen LogP contribution in [0.25, 0.3) is 16.6 Å². The average Bonchev–Trinajstić information content (AvgIpc) is 2.87. The zero-order valence-electron chi connectivity index (χ0n) is 20.9. The summed E-state index contributed by atoms with van der Waals surface area (Å²) in [5.74, 6) is -0.177. The predicted molar refractivity (Wildman–Crippen MR) is 138 cm³/mol. The van der Waals surface area contributed by atoms with E-state index in [2.05, 4.69) is 40.2 Å². The van der Waals surface area contributed by atoms with Gasteiger partial charge in [-0.15, -0.1) is 0 Å². The Morgan fingerprint density at radius 3 is 2.70 bits per heavy atom. The minimum Gasteiger partial charge on any atom is -0.506 e. The van der Waals surface area contributed by atoms with Gasteiger partial charge in [-0.05, 0) is 25.2 Å². The molecule has 2 aliphatic rings. The Hall–Kier alpha value is -3.82. The smallest absolute Gasteiger partial charge is 0.298 e. The largest absolute Gasteiger partial charge is 0.506 e. The van der Waals surface area contributed by atoms with Gasteiger partial charge in [0, 0.05) is 44.8 Å². The number of rotatable bonds is 7. The minimum atomic E-state index is -0.769. The molecule has 2 fully saturated rings. The molecule has 0 spiro atoms. The third kappa shape index (κ3) is 4.56. The molecule has 0 amide bonds. The van der Waals surface area contributed by atoms with Crippen molar-refractivity contribution < 1.29 is 9.50 Å². The molecule has 194 valence electrons. The van der Waals surface area contributed by atoms with Gasteiger partial charge in [0.15, 0.2) is 5.82 Å². The van der Waals surface area contributed by atoms with E-state index in [1.54, 1.807) is 0 Å². The Bertz CT molecular complexity index is 1380. The first kappa shape index (κ1) is 24.9. The second-order valence-electron chi connectivity index (χ2n) is 9.32. The molecule has 2 N–H and O–H groups in total. The number of nitrogens with zero attached hydrogens (tertiary/aromatic N) is 8. The maximum atomic E-state index is 14.6. The predicted octanol–water partition coefficient (Wildman–Crippen LogP) is 1.24. The van der Waals surface area contributed by atoms with Crippen LogP contribution in [0, 0.1) is 17.1 Å². The lowest BCUT2D eigenvalue weighted by Crippen LogP contribution is -2.60. The third-order valence-corrected chi connectivity index (χ3v) is 7.15. The number of phenolic OH excluding ortho intramolecular Hbond substituents is 1. The van der Waals surface area contributed by atoms with Crippen molar-refractivity contribution >= 4 is 22.7 Å². The lowest BCUT2D eigenvalue weighted by atomic mass is 10.1. The molecule has 0 bridgehead atoms. The number of benzene rings is 1. The Morgan fingerprint density at radius 1 is 1.22 bits per heavy atom. The first-order valence-electron chi connectivity index (χ1n) is 12.6. The molecular formula is C25H30FN9O2. The van der Waals surface area contributed by atoms with Crippen LogP contribution in [0.2, 0.25) is 0 Å². The number of likely N-dealkylation sites (N-methyl/N-ethyl adjacent to an activating group) is 1. The van der Waals surface area contributed by atoms with Gasteiger partial charge in [0.25, 0.3) is 5.56 Å².